The van der Waals surface area contributed by atoms with Gasteiger partial charge in [-0.25, -0.2) is 4.98 Å². The quantitative estimate of drug-likeness (QED) is 0.541. The minimum Gasteiger partial charge on any atom is -0.497 e. The van der Waals surface area contributed by atoms with Gasteiger partial charge in [0.25, 0.3) is 5.91 Å². The molecule has 0 unspecified atom stereocenters. The first kappa shape index (κ1) is 16.4. The van der Waals surface area contributed by atoms with Crippen molar-refractivity contribution in [2.75, 3.05) is 12.4 Å². The van der Waals surface area contributed by atoms with Gasteiger partial charge in [-0.1, -0.05) is 17.7 Å². The molecule has 2 aromatic heterocycles. The summed E-state index contributed by atoms with van der Waals surface area (Å²) < 4.78 is 10.9. The summed E-state index contributed by atoms with van der Waals surface area (Å²) in [5.74, 6) is 0.504. The Kier molecular flexibility index (Phi) is 4.01. The predicted octanol–water partition coefficient (Wildman–Crippen LogP) is 5.20. The van der Waals surface area contributed by atoms with Gasteiger partial charge in [-0.05, 0) is 48.9 Å². The molecule has 2 aromatic carbocycles. The minimum absolute atomic E-state index is 0.173. The number of nitrogens with zero attached hydrogens (tertiary/aromatic N) is 1. The van der Waals surface area contributed by atoms with E-state index in [1.165, 1.54) is 0 Å². The lowest BCUT2D eigenvalue weighted by Crippen LogP contribution is -2.11. The summed E-state index contributed by atoms with van der Waals surface area (Å²) in [7, 11) is 1.60. The zero-order valence-corrected chi connectivity index (χ0v) is 14.9. The van der Waals surface area contributed by atoms with Crippen LogP contribution in [0.1, 0.15) is 16.1 Å². The first-order valence-corrected chi connectivity index (χ1v) is 8.37. The smallest absolute Gasteiger partial charge is 0.291 e. The molecule has 4 rings (SSSR count). The van der Waals surface area contributed by atoms with Crippen molar-refractivity contribution in [1.82, 2.24) is 4.98 Å². The van der Waals surface area contributed by atoms with Crippen molar-refractivity contribution in [3.05, 3.63) is 64.9 Å². The molecule has 0 aliphatic heterocycles. The van der Waals surface area contributed by atoms with Crippen LogP contribution in [0, 0.1) is 6.92 Å². The van der Waals surface area contributed by atoms with Crippen molar-refractivity contribution in [3.63, 3.8) is 0 Å². The highest BCUT2D eigenvalue weighted by Crippen LogP contribution is 2.27. The molecular formula is C20H15ClN2O3. The monoisotopic (exact) mass is 366 g/mol. The van der Waals surface area contributed by atoms with Crippen LogP contribution >= 0.6 is 11.6 Å². The first-order chi connectivity index (χ1) is 12.5. The molecule has 4 aromatic rings. The van der Waals surface area contributed by atoms with Crippen LogP contribution in [0.25, 0.3) is 22.0 Å². The van der Waals surface area contributed by atoms with E-state index in [4.69, 9.17) is 20.8 Å². The van der Waals surface area contributed by atoms with Gasteiger partial charge in [0, 0.05) is 16.8 Å². The number of hydrogen-bond donors (Lipinski definition) is 1. The zero-order chi connectivity index (χ0) is 18.3. The number of methoxy groups -OCH3 is 1. The Hall–Kier alpha value is -3.05. The average Bonchev–Trinajstić information content (AvgIpc) is 3.04. The van der Waals surface area contributed by atoms with E-state index < -0.39 is 0 Å². The maximum atomic E-state index is 12.5. The molecule has 0 atom stereocenters. The number of anilines is 1. The lowest BCUT2D eigenvalue weighted by molar-refractivity contribution is 0.0998. The molecule has 0 saturated heterocycles. The number of halogens is 1. The van der Waals surface area contributed by atoms with Gasteiger partial charge in [0.1, 0.15) is 5.75 Å². The van der Waals surface area contributed by atoms with Crippen molar-refractivity contribution < 1.29 is 13.9 Å². The molecule has 1 N–H and O–H groups in total. The van der Waals surface area contributed by atoms with Crippen LogP contribution in [0.15, 0.2) is 52.9 Å². The number of carbonyl (C=O) groups excluding carboxylic acids is 1. The van der Waals surface area contributed by atoms with E-state index in [0.29, 0.717) is 22.2 Å². The fourth-order valence-electron chi connectivity index (χ4n) is 2.75. The number of aromatic nitrogens is 1. The highest BCUT2D eigenvalue weighted by Gasteiger charge is 2.15. The number of amides is 1. The molecule has 1 amide bonds. The van der Waals surface area contributed by atoms with Crippen molar-refractivity contribution in [2.45, 2.75) is 6.92 Å². The fraction of sp³-hybridized carbons (Fsp3) is 0.100. The third-order valence-electron chi connectivity index (χ3n) is 4.11. The number of ether oxygens (including phenoxy) is 1. The lowest BCUT2D eigenvalue weighted by atomic mass is 10.2. The Morgan fingerprint density at radius 3 is 2.73 bits per heavy atom. The van der Waals surface area contributed by atoms with E-state index in [1.54, 1.807) is 25.3 Å². The van der Waals surface area contributed by atoms with E-state index in [-0.39, 0.29) is 11.7 Å². The highest BCUT2D eigenvalue weighted by molar-refractivity contribution is 6.34. The molecule has 6 heteroatoms. The average molecular weight is 367 g/mol. The maximum absolute atomic E-state index is 12.5. The molecule has 0 fully saturated rings. The Morgan fingerprint density at radius 1 is 1.12 bits per heavy atom. The first-order valence-electron chi connectivity index (χ1n) is 7.99. The van der Waals surface area contributed by atoms with Crippen LogP contribution in [0.2, 0.25) is 5.02 Å². The van der Waals surface area contributed by atoms with Gasteiger partial charge in [0.05, 0.1) is 23.3 Å². The van der Waals surface area contributed by atoms with E-state index >= 15 is 0 Å². The van der Waals surface area contributed by atoms with Gasteiger partial charge in [-0.15, -0.1) is 0 Å². The van der Waals surface area contributed by atoms with Crippen LogP contribution in [0.4, 0.5) is 5.69 Å². The number of pyridine rings is 1. The molecule has 5 nitrogen and oxygen atoms in total. The summed E-state index contributed by atoms with van der Waals surface area (Å²) >= 11 is 6.17. The summed E-state index contributed by atoms with van der Waals surface area (Å²) in [6.45, 7) is 1.93. The number of hydrogen-bond acceptors (Lipinski definition) is 4. The summed E-state index contributed by atoms with van der Waals surface area (Å²) in [6, 6.07) is 14.6. The Labute approximate surface area is 154 Å². The van der Waals surface area contributed by atoms with Gasteiger partial charge in [0.2, 0.25) is 5.71 Å². The van der Waals surface area contributed by atoms with Gasteiger partial charge in [-0.2, -0.15) is 0 Å². The van der Waals surface area contributed by atoms with Crippen LogP contribution in [0.3, 0.4) is 0 Å². The minimum atomic E-state index is -0.379. The number of rotatable bonds is 3. The number of furan rings is 1. The van der Waals surface area contributed by atoms with Gasteiger partial charge < -0.3 is 14.5 Å². The van der Waals surface area contributed by atoms with Crippen LogP contribution in [0.5, 0.6) is 5.75 Å². The van der Waals surface area contributed by atoms with Gasteiger partial charge in [-0.3, -0.25) is 4.79 Å². The van der Waals surface area contributed by atoms with Crippen LogP contribution < -0.4 is 10.1 Å². The lowest BCUT2D eigenvalue weighted by Gasteiger charge is -2.06. The number of fused-ring (bicyclic) bond motifs is 2. The van der Waals surface area contributed by atoms with Crippen molar-refractivity contribution >= 4 is 45.2 Å². The fourth-order valence-corrected chi connectivity index (χ4v) is 3.03. The Balaban J connectivity index is 1.69. The normalized spacial score (nSPS) is 11.0. The molecule has 2 heterocycles. The SMILES string of the molecule is COc1ccc2cc3cc(C(=O)Nc4ccc(C)cc4Cl)oc3nc2c1. The molecular weight excluding hydrogens is 352 g/mol. The number of carbonyl (C=O) groups is 1. The molecule has 0 bridgehead atoms. The van der Waals surface area contributed by atoms with E-state index in [1.807, 2.05) is 37.3 Å². The van der Waals surface area contributed by atoms with E-state index in [0.717, 1.165) is 21.9 Å². The molecule has 0 saturated carbocycles. The summed E-state index contributed by atoms with van der Waals surface area (Å²) in [6.07, 6.45) is 0. The van der Waals surface area contributed by atoms with Gasteiger partial charge >= 0.3 is 0 Å². The third-order valence-corrected chi connectivity index (χ3v) is 4.42. The van der Waals surface area contributed by atoms with E-state index in [2.05, 4.69) is 10.3 Å². The maximum Gasteiger partial charge on any atom is 0.291 e. The molecule has 0 aliphatic carbocycles. The molecule has 0 spiro atoms. The second-order valence-corrected chi connectivity index (χ2v) is 6.40. The largest absolute Gasteiger partial charge is 0.497 e. The van der Waals surface area contributed by atoms with Crippen molar-refractivity contribution in [2.24, 2.45) is 0 Å². The topological polar surface area (TPSA) is 64.4 Å². The number of nitrogens with one attached hydrogen (secondary N) is 1. The predicted molar refractivity (Wildman–Crippen MR) is 102 cm³/mol. The number of benzene rings is 2. The van der Waals surface area contributed by atoms with Gasteiger partial charge in [0.15, 0.2) is 5.76 Å². The van der Waals surface area contributed by atoms with Crippen LogP contribution in [-0.2, 0) is 0 Å². The Bertz CT molecular complexity index is 1150. The second kappa shape index (κ2) is 6.35. The second-order valence-electron chi connectivity index (χ2n) is 5.99. The summed E-state index contributed by atoms with van der Waals surface area (Å²) in [5, 5.41) is 4.93. The zero-order valence-electron chi connectivity index (χ0n) is 14.2. The summed E-state index contributed by atoms with van der Waals surface area (Å²) in [4.78, 5) is 17.0. The number of aryl methyl sites for hydroxylation is 1. The standard InChI is InChI=1S/C20H15ClN2O3/c1-11-3-6-16(15(21)7-11)22-19(24)18-9-13-8-12-4-5-14(25-2)10-17(12)23-20(13)26-18/h3-10H,1-2H3,(H,22,24). The van der Waals surface area contributed by atoms with Crippen LogP contribution in [-0.4, -0.2) is 18.0 Å². The highest BCUT2D eigenvalue weighted by atomic mass is 35.5. The van der Waals surface area contributed by atoms with Crippen molar-refractivity contribution in [3.8, 4) is 5.75 Å². The summed E-state index contributed by atoms with van der Waals surface area (Å²) in [5.41, 5.74) is 2.68. The Morgan fingerprint density at radius 2 is 1.96 bits per heavy atom. The third kappa shape index (κ3) is 2.97. The molecule has 26 heavy (non-hydrogen) atoms. The molecule has 0 radical (unpaired) electrons. The molecule has 130 valence electrons. The molecule has 0 aliphatic rings. The van der Waals surface area contributed by atoms with E-state index in [9.17, 15) is 4.79 Å². The van der Waals surface area contributed by atoms with Crippen molar-refractivity contribution in [1.29, 1.82) is 0 Å².